The van der Waals surface area contributed by atoms with Gasteiger partial charge in [0, 0.05) is 11.2 Å². The van der Waals surface area contributed by atoms with Crippen molar-refractivity contribution in [3.05, 3.63) is 88.7 Å². The standard InChI is InChI=1S/C19H16ClN3O2/c20-16-7-3-15(4-8-16)13-25-17-9-5-14(6-10-17)12-22-23-19(24)18-2-1-11-21-18/h1-12,21H,13H2,(H,23,24)/b22-12-. The highest BCUT2D eigenvalue weighted by atomic mass is 35.5. The number of halogens is 1. The summed E-state index contributed by atoms with van der Waals surface area (Å²) in [5.41, 5.74) is 4.81. The first-order valence-electron chi connectivity index (χ1n) is 7.65. The van der Waals surface area contributed by atoms with Crippen LogP contribution in [0.2, 0.25) is 5.02 Å². The summed E-state index contributed by atoms with van der Waals surface area (Å²) in [4.78, 5) is 14.5. The molecule has 0 aliphatic rings. The highest BCUT2D eigenvalue weighted by molar-refractivity contribution is 6.30. The van der Waals surface area contributed by atoms with E-state index in [9.17, 15) is 4.79 Å². The van der Waals surface area contributed by atoms with Crippen LogP contribution >= 0.6 is 11.6 Å². The van der Waals surface area contributed by atoms with Crippen molar-refractivity contribution < 1.29 is 9.53 Å². The fourth-order valence-electron chi connectivity index (χ4n) is 2.09. The number of rotatable bonds is 6. The summed E-state index contributed by atoms with van der Waals surface area (Å²) in [6.07, 6.45) is 3.26. The second kappa shape index (κ2) is 8.17. The van der Waals surface area contributed by atoms with E-state index in [2.05, 4.69) is 15.5 Å². The van der Waals surface area contributed by atoms with Gasteiger partial charge in [-0.3, -0.25) is 4.79 Å². The van der Waals surface area contributed by atoms with Gasteiger partial charge in [0.05, 0.1) is 6.21 Å². The molecule has 3 aromatic rings. The number of aromatic nitrogens is 1. The Balaban J connectivity index is 1.50. The van der Waals surface area contributed by atoms with Crippen molar-refractivity contribution in [3.8, 4) is 5.75 Å². The van der Waals surface area contributed by atoms with Crippen LogP contribution in [0.1, 0.15) is 21.6 Å². The Kier molecular flexibility index (Phi) is 5.49. The minimum Gasteiger partial charge on any atom is -0.489 e. The molecule has 5 nitrogen and oxygen atoms in total. The highest BCUT2D eigenvalue weighted by Gasteiger charge is 2.03. The molecule has 0 unspecified atom stereocenters. The van der Waals surface area contributed by atoms with E-state index >= 15 is 0 Å². The van der Waals surface area contributed by atoms with Crippen molar-refractivity contribution in [1.29, 1.82) is 0 Å². The quantitative estimate of drug-likeness (QED) is 0.519. The average Bonchev–Trinajstić information content (AvgIpc) is 3.17. The summed E-state index contributed by atoms with van der Waals surface area (Å²) in [7, 11) is 0. The van der Waals surface area contributed by atoms with Gasteiger partial charge in [-0.15, -0.1) is 0 Å². The van der Waals surface area contributed by atoms with Gasteiger partial charge in [0.2, 0.25) is 0 Å². The van der Waals surface area contributed by atoms with Crippen molar-refractivity contribution in [2.24, 2.45) is 5.10 Å². The van der Waals surface area contributed by atoms with E-state index < -0.39 is 0 Å². The molecule has 1 heterocycles. The van der Waals surface area contributed by atoms with Crippen molar-refractivity contribution in [1.82, 2.24) is 10.4 Å². The summed E-state index contributed by atoms with van der Waals surface area (Å²) in [6, 6.07) is 18.4. The van der Waals surface area contributed by atoms with Crippen LogP contribution in [0.4, 0.5) is 0 Å². The summed E-state index contributed by atoms with van der Waals surface area (Å²) >= 11 is 5.86. The van der Waals surface area contributed by atoms with Crippen LogP contribution in [0.3, 0.4) is 0 Å². The second-order valence-electron chi connectivity index (χ2n) is 5.27. The molecule has 0 aliphatic heterocycles. The van der Waals surface area contributed by atoms with Gasteiger partial charge >= 0.3 is 0 Å². The molecule has 3 rings (SSSR count). The normalized spacial score (nSPS) is 10.8. The third kappa shape index (κ3) is 4.96. The average molecular weight is 354 g/mol. The van der Waals surface area contributed by atoms with E-state index in [0.29, 0.717) is 17.3 Å². The highest BCUT2D eigenvalue weighted by Crippen LogP contribution is 2.15. The fraction of sp³-hybridized carbons (Fsp3) is 0.0526. The van der Waals surface area contributed by atoms with Crippen LogP contribution < -0.4 is 10.2 Å². The molecule has 1 aromatic heterocycles. The van der Waals surface area contributed by atoms with E-state index in [0.717, 1.165) is 16.9 Å². The first-order valence-corrected chi connectivity index (χ1v) is 8.02. The zero-order chi connectivity index (χ0) is 17.5. The molecule has 0 saturated heterocycles. The summed E-state index contributed by atoms with van der Waals surface area (Å²) < 4.78 is 5.72. The predicted molar refractivity (Wildman–Crippen MR) is 98.1 cm³/mol. The molecule has 126 valence electrons. The van der Waals surface area contributed by atoms with Gasteiger partial charge in [0.1, 0.15) is 18.1 Å². The number of aromatic amines is 1. The smallest absolute Gasteiger partial charge is 0.287 e. The summed E-state index contributed by atoms with van der Waals surface area (Å²) in [6.45, 7) is 0.469. The number of nitrogens with zero attached hydrogens (tertiary/aromatic N) is 1. The van der Waals surface area contributed by atoms with Gasteiger partial charge in [0.25, 0.3) is 5.91 Å². The molecule has 6 heteroatoms. The Bertz CT molecular complexity index is 841. The maximum Gasteiger partial charge on any atom is 0.287 e. The number of carbonyl (C=O) groups is 1. The number of carbonyl (C=O) groups excluding carboxylic acids is 1. The molecule has 1 amide bonds. The predicted octanol–water partition coefficient (Wildman–Crippen LogP) is 4.01. The van der Waals surface area contributed by atoms with Crippen molar-refractivity contribution >= 4 is 23.7 Å². The third-order valence-corrected chi connectivity index (χ3v) is 3.67. The number of hydrogen-bond acceptors (Lipinski definition) is 3. The monoisotopic (exact) mass is 353 g/mol. The second-order valence-corrected chi connectivity index (χ2v) is 5.70. The minimum absolute atomic E-state index is 0.288. The van der Waals surface area contributed by atoms with Gasteiger partial charge in [-0.1, -0.05) is 23.7 Å². The molecule has 0 spiro atoms. The van der Waals surface area contributed by atoms with Crippen LogP contribution in [-0.2, 0) is 6.61 Å². The van der Waals surface area contributed by atoms with Gasteiger partial charge in [-0.05, 0) is 59.7 Å². The summed E-state index contributed by atoms with van der Waals surface area (Å²) in [5.74, 6) is 0.465. The number of nitrogens with one attached hydrogen (secondary N) is 2. The molecule has 0 fully saturated rings. The number of hydrazone groups is 1. The van der Waals surface area contributed by atoms with Crippen LogP contribution in [-0.4, -0.2) is 17.1 Å². The molecular formula is C19H16ClN3O2. The van der Waals surface area contributed by atoms with E-state index in [1.807, 2.05) is 48.5 Å². The molecule has 25 heavy (non-hydrogen) atoms. The lowest BCUT2D eigenvalue weighted by atomic mass is 10.2. The Morgan fingerprint density at radius 3 is 2.56 bits per heavy atom. The van der Waals surface area contributed by atoms with Gasteiger partial charge in [-0.25, -0.2) is 5.43 Å². The molecule has 0 bridgehead atoms. The molecule has 0 atom stereocenters. The van der Waals surface area contributed by atoms with Gasteiger partial charge in [0.15, 0.2) is 0 Å². The van der Waals surface area contributed by atoms with Crippen molar-refractivity contribution in [2.45, 2.75) is 6.61 Å². The van der Waals surface area contributed by atoms with E-state index in [4.69, 9.17) is 16.3 Å². The molecular weight excluding hydrogens is 338 g/mol. The SMILES string of the molecule is O=C(N/N=C\c1ccc(OCc2ccc(Cl)cc2)cc1)c1ccc[nH]1. The third-order valence-electron chi connectivity index (χ3n) is 3.42. The Morgan fingerprint density at radius 1 is 1.12 bits per heavy atom. The van der Waals surface area contributed by atoms with Crippen molar-refractivity contribution in [3.63, 3.8) is 0 Å². The number of ether oxygens (including phenoxy) is 1. The summed E-state index contributed by atoms with van der Waals surface area (Å²) in [5, 5.41) is 4.64. The number of hydrogen-bond donors (Lipinski definition) is 2. The lowest BCUT2D eigenvalue weighted by Gasteiger charge is -2.06. The first kappa shape index (κ1) is 16.8. The Morgan fingerprint density at radius 2 is 1.88 bits per heavy atom. The fourth-order valence-corrected chi connectivity index (χ4v) is 2.22. The van der Waals surface area contributed by atoms with E-state index in [1.54, 1.807) is 24.5 Å². The Hall–Kier alpha value is -3.05. The Labute approximate surface area is 150 Å². The lowest BCUT2D eigenvalue weighted by molar-refractivity contribution is 0.0951. The van der Waals surface area contributed by atoms with Crippen molar-refractivity contribution in [2.75, 3.05) is 0 Å². The lowest BCUT2D eigenvalue weighted by Crippen LogP contribution is -2.17. The van der Waals surface area contributed by atoms with Crippen LogP contribution in [0.25, 0.3) is 0 Å². The van der Waals surface area contributed by atoms with Gasteiger partial charge < -0.3 is 9.72 Å². The number of amides is 1. The molecule has 2 N–H and O–H groups in total. The van der Waals surface area contributed by atoms with E-state index in [1.165, 1.54) is 0 Å². The zero-order valence-electron chi connectivity index (χ0n) is 13.3. The molecule has 2 aromatic carbocycles. The maximum absolute atomic E-state index is 11.7. The first-order chi connectivity index (χ1) is 12.2. The van der Waals surface area contributed by atoms with Crippen LogP contribution in [0.5, 0.6) is 5.75 Å². The molecule has 0 aliphatic carbocycles. The topological polar surface area (TPSA) is 66.5 Å². The van der Waals surface area contributed by atoms with Crippen LogP contribution in [0, 0.1) is 0 Å². The largest absolute Gasteiger partial charge is 0.489 e. The van der Waals surface area contributed by atoms with E-state index in [-0.39, 0.29) is 5.91 Å². The van der Waals surface area contributed by atoms with Crippen LogP contribution in [0.15, 0.2) is 72.0 Å². The molecule has 0 saturated carbocycles. The molecule has 0 radical (unpaired) electrons. The maximum atomic E-state index is 11.7. The zero-order valence-corrected chi connectivity index (χ0v) is 14.0. The number of H-pyrrole nitrogens is 1. The number of benzene rings is 2. The van der Waals surface area contributed by atoms with Gasteiger partial charge in [-0.2, -0.15) is 5.10 Å². The minimum atomic E-state index is -0.288.